The normalized spacial score (nSPS) is 11.0. The van der Waals surface area contributed by atoms with E-state index in [-0.39, 0.29) is 23.0 Å². The number of carbonyl (C=O) groups is 2. The minimum atomic E-state index is -0.311. The highest BCUT2D eigenvalue weighted by Crippen LogP contribution is 2.26. The molecule has 0 aliphatic rings. The zero-order chi connectivity index (χ0) is 17.7. The number of rotatable bonds is 5. The van der Waals surface area contributed by atoms with Crippen LogP contribution >= 0.6 is 11.3 Å². The van der Waals surface area contributed by atoms with Crippen LogP contribution < -0.4 is 10.6 Å². The molecule has 0 bridgehead atoms. The van der Waals surface area contributed by atoms with Gasteiger partial charge in [0.25, 0.3) is 5.91 Å². The number of thiophene rings is 1. The second-order valence-corrected chi connectivity index (χ2v) is 7.25. The highest BCUT2D eigenvalue weighted by molar-refractivity contribution is 7.10. The number of carbonyl (C=O) groups excluding carboxylic acids is 2. The van der Waals surface area contributed by atoms with E-state index in [2.05, 4.69) is 35.5 Å². The Hall–Kier alpha value is -2.41. The van der Waals surface area contributed by atoms with Crippen molar-refractivity contribution in [1.29, 1.82) is 0 Å². The Kier molecular flexibility index (Phi) is 5.56. The van der Waals surface area contributed by atoms with Gasteiger partial charge in [0.05, 0.1) is 0 Å². The van der Waals surface area contributed by atoms with Crippen molar-refractivity contribution < 1.29 is 9.59 Å². The molecule has 2 aromatic rings. The summed E-state index contributed by atoms with van der Waals surface area (Å²) in [5.74, 6) is -0.210. The first-order chi connectivity index (χ1) is 11.3. The van der Waals surface area contributed by atoms with Gasteiger partial charge in [-0.3, -0.25) is 9.78 Å². The third-order valence-corrected chi connectivity index (χ3v) is 4.76. The van der Waals surface area contributed by atoms with Crippen molar-refractivity contribution in [3.05, 3.63) is 46.4 Å². The number of hydrogen-bond donors (Lipinski definition) is 2. The molecular weight excluding hydrogens is 324 g/mol. The average Bonchev–Trinajstić information content (AvgIpc) is 3.08. The summed E-state index contributed by atoms with van der Waals surface area (Å²) in [4.78, 5) is 30.7. The van der Waals surface area contributed by atoms with Gasteiger partial charge in [0.2, 0.25) is 0 Å². The van der Waals surface area contributed by atoms with E-state index in [0.717, 1.165) is 0 Å². The summed E-state index contributed by atoms with van der Waals surface area (Å²) in [6.45, 7) is 4.67. The molecule has 6 nitrogen and oxygen atoms in total. The maximum Gasteiger partial charge on any atom is 0.319 e. The Bertz CT molecular complexity index is 711. The zero-order valence-electron chi connectivity index (χ0n) is 14.3. The molecule has 0 atom stereocenters. The minimum absolute atomic E-state index is 0.143. The van der Waals surface area contributed by atoms with Crippen molar-refractivity contribution in [2.45, 2.75) is 19.3 Å². The second-order valence-electron chi connectivity index (χ2n) is 6.30. The molecule has 0 aliphatic heterocycles. The summed E-state index contributed by atoms with van der Waals surface area (Å²) in [5.41, 5.74) is 0.675. The number of anilines is 1. The molecule has 0 aromatic carbocycles. The number of amides is 3. The van der Waals surface area contributed by atoms with E-state index in [9.17, 15) is 9.59 Å². The number of pyridine rings is 1. The average molecular weight is 346 g/mol. The van der Waals surface area contributed by atoms with Crippen LogP contribution in [0.4, 0.5) is 10.5 Å². The molecule has 2 N–H and O–H groups in total. The van der Waals surface area contributed by atoms with Gasteiger partial charge in [0.1, 0.15) is 5.69 Å². The Morgan fingerprint density at radius 2 is 2.04 bits per heavy atom. The van der Waals surface area contributed by atoms with Crippen LogP contribution in [0.3, 0.4) is 0 Å². The summed E-state index contributed by atoms with van der Waals surface area (Å²) >= 11 is 1.67. The minimum Gasteiger partial charge on any atom is -0.343 e. The summed E-state index contributed by atoms with van der Waals surface area (Å²) in [7, 11) is 3.31. The highest BCUT2D eigenvalue weighted by atomic mass is 32.1. The third kappa shape index (κ3) is 4.55. The second kappa shape index (κ2) is 7.44. The quantitative estimate of drug-likeness (QED) is 0.874. The van der Waals surface area contributed by atoms with Gasteiger partial charge in [0.15, 0.2) is 0 Å². The van der Waals surface area contributed by atoms with Crippen molar-refractivity contribution in [3.8, 4) is 0 Å². The summed E-state index contributed by atoms with van der Waals surface area (Å²) in [6.07, 6.45) is 1.50. The lowest BCUT2D eigenvalue weighted by atomic mass is 9.91. The van der Waals surface area contributed by atoms with Crippen LogP contribution in [0, 0.1) is 0 Å². The standard InChI is InChI=1S/C17H22N4O2S/c1-17(2,14-6-5-9-24-14)11-19-16(23)20-12-7-8-18-13(10-12)15(22)21(3)4/h5-10H,11H2,1-4H3,(H2,18,19,20,23). The smallest absolute Gasteiger partial charge is 0.319 e. The molecule has 2 rings (SSSR count). The molecule has 0 fully saturated rings. The number of nitrogens with zero attached hydrogens (tertiary/aromatic N) is 2. The van der Waals surface area contributed by atoms with Crippen molar-refractivity contribution in [3.63, 3.8) is 0 Å². The van der Waals surface area contributed by atoms with Crippen molar-refractivity contribution in [1.82, 2.24) is 15.2 Å². The first-order valence-corrected chi connectivity index (χ1v) is 8.44. The third-order valence-electron chi connectivity index (χ3n) is 3.52. The van der Waals surface area contributed by atoms with E-state index in [1.165, 1.54) is 16.0 Å². The Morgan fingerprint density at radius 3 is 2.67 bits per heavy atom. The maximum absolute atomic E-state index is 12.1. The van der Waals surface area contributed by atoms with Crippen molar-refractivity contribution >= 4 is 29.0 Å². The van der Waals surface area contributed by atoms with Crippen LogP contribution in [0.15, 0.2) is 35.8 Å². The molecule has 0 radical (unpaired) electrons. The van der Waals surface area contributed by atoms with Gasteiger partial charge in [-0.15, -0.1) is 11.3 Å². The van der Waals surface area contributed by atoms with Crippen LogP contribution in [0.25, 0.3) is 0 Å². The SMILES string of the molecule is CN(C)C(=O)c1cc(NC(=O)NCC(C)(C)c2cccs2)ccn1. The monoisotopic (exact) mass is 346 g/mol. The molecule has 0 unspecified atom stereocenters. The molecule has 2 heterocycles. The van der Waals surface area contributed by atoms with E-state index in [1.54, 1.807) is 37.6 Å². The van der Waals surface area contributed by atoms with Gasteiger partial charge < -0.3 is 15.5 Å². The van der Waals surface area contributed by atoms with Crippen LogP contribution in [0.5, 0.6) is 0 Å². The number of nitrogens with one attached hydrogen (secondary N) is 2. The molecule has 0 spiro atoms. The first-order valence-electron chi connectivity index (χ1n) is 7.56. The lowest BCUT2D eigenvalue weighted by molar-refractivity contribution is 0.0822. The summed E-state index contributed by atoms with van der Waals surface area (Å²) < 4.78 is 0. The van der Waals surface area contributed by atoms with Gasteiger partial charge in [-0.2, -0.15) is 0 Å². The molecule has 128 valence electrons. The molecule has 2 aromatic heterocycles. The lowest BCUT2D eigenvalue weighted by Crippen LogP contribution is -2.38. The van der Waals surface area contributed by atoms with Crippen LogP contribution in [0.2, 0.25) is 0 Å². The molecule has 24 heavy (non-hydrogen) atoms. The fourth-order valence-corrected chi connectivity index (χ4v) is 2.93. The molecular formula is C17H22N4O2S. The van der Waals surface area contributed by atoms with E-state index < -0.39 is 0 Å². The van der Waals surface area contributed by atoms with Crippen molar-refractivity contribution in [2.75, 3.05) is 26.0 Å². The van der Waals surface area contributed by atoms with E-state index in [0.29, 0.717) is 12.2 Å². The summed E-state index contributed by atoms with van der Waals surface area (Å²) in [5, 5.41) is 7.63. The molecule has 0 aliphatic carbocycles. The fraction of sp³-hybridized carbons (Fsp3) is 0.353. The van der Waals surface area contributed by atoms with Gasteiger partial charge in [-0.25, -0.2) is 4.79 Å². The van der Waals surface area contributed by atoms with Crippen molar-refractivity contribution in [2.24, 2.45) is 0 Å². The van der Waals surface area contributed by atoms with Gasteiger partial charge in [-0.05, 0) is 23.6 Å². The molecule has 0 saturated heterocycles. The molecule has 0 saturated carbocycles. The van der Waals surface area contributed by atoms with Crippen LogP contribution in [0.1, 0.15) is 29.2 Å². The largest absolute Gasteiger partial charge is 0.343 e. The Labute approximate surface area is 145 Å². The predicted octanol–water partition coefficient (Wildman–Crippen LogP) is 2.94. The van der Waals surface area contributed by atoms with Crippen LogP contribution in [-0.4, -0.2) is 42.5 Å². The Balaban J connectivity index is 1.95. The van der Waals surface area contributed by atoms with Gasteiger partial charge >= 0.3 is 6.03 Å². The summed E-state index contributed by atoms with van der Waals surface area (Å²) in [6, 6.07) is 6.96. The first kappa shape index (κ1) is 17.9. The lowest BCUT2D eigenvalue weighted by Gasteiger charge is -2.23. The highest BCUT2D eigenvalue weighted by Gasteiger charge is 2.22. The number of urea groups is 1. The fourth-order valence-electron chi connectivity index (χ4n) is 2.08. The number of aromatic nitrogens is 1. The Morgan fingerprint density at radius 1 is 1.29 bits per heavy atom. The van der Waals surface area contributed by atoms with Gasteiger partial charge in [-0.1, -0.05) is 19.9 Å². The van der Waals surface area contributed by atoms with Crippen LogP contribution in [-0.2, 0) is 5.41 Å². The maximum atomic E-state index is 12.1. The predicted molar refractivity (Wildman–Crippen MR) is 96.6 cm³/mol. The zero-order valence-corrected chi connectivity index (χ0v) is 15.1. The van der Waals surface area contributed by atoms with E-state index in [1.807, 2.05) is 11.4 Å². The molecule has 3 amide bonds. The van der Waals surface area contributed by atoms with E-state index >= 15 is 0 Å². The van der Waals surface area contributed by atoms with E-state index in [4.69, 9.17) is 0 Å². The number of hydrogen-bond acceptors (Lipinski definition) is 4. The topological polar surface area (TPSA) is 74.3 Å². The molecule has 7 heteroatoms. The van der Waals surface area contributed by atoms with Gasteiger partial charge in [0, 0.05) is 42.8 Å².